The minimum absolute atomic E-state index is 0.0889. The van der Waals surface area contributed by atoms with Crippen LogP contribution in [-0.2, 0) is 16.4 Å². The molecule has 0 N–H and O–H groups in total. The minimum Gasteiger partial charge on any atom is -0.346 e. The number of hydrogen-bond donors (Lipinski definition) is 0. The Morgan fingerprint density at radius 3 is 2.50 bits per heavy atom. The van der Waals surface area contributed by atoms with E-state index in [1.165, 1.54) is 0 Å². The normalized spacial score (nSPS) is 12.8. The van der Waals surface area contributed by atoms with Crippen LogP contribution in [0.1, 0.15) is 31.1 Å². The summed E-state index contributed by atoms with van der Waals surface area (Å²) in [5.74, 6) is 0.0889. The summed E-state index contributed by atoms with van der Waals surface area (Å²) in [6.45, 7) is 5.52. The number of carbonyl (C=O) groups is 1. The maximum atomic E-state index is 12.1. The highest BCUT2D eigenvalue weighted by atomic mass is 32.2. The van der Waals surface area contributed by atoms with Gasteiger partial charge >= 0.3 is 0 Å². The van der Waals surface area contributed by atoms with Crippen molar-refractivity contribution in [3.8, 4) is 0 Å². The molecule has 2 aromatic rings. The molecule has 4 nitrogen and oxygen atoms in total. The van der Waals surface area contributed by atoms with Crippen LogP contribution in [0.25, 0.3) is 10.9 Å². The third kappa shape index (κ3) is 2.77. The number of aryl methyl sites for hydroxylation is 1. The molecule has 0 fully saturated rings. The molecule has 2 rings (SSSR count). The minimum atomic E-state index is -3.15. The van der Waals surface area contributed by atoms with Crippen LogP contribution in [0.15, 0.2) is 30.5 Å². The Morgan fingerprint density at radius 2 is 1.90 bits per heavy atom. The summed E-state index contributed by atoms with van der Waals surface area (Å²) in [5, 5.41) is 1.00. The molecule has 0 spiro atoms. The molecule has 0 atom stereocenters. The van der Waals surface area contributed by atoms with E-state index in [2.05, 4.69) is 0 Å². The molecule has 0 radical (unpaired) electrons. The molecule has 1 heterocycles. The van der Waals surface area contributed by atoms with E-state index < -0.39 is 14.6 Å². The molecule has 0 unspecified atom stereocenters. The summed E-state index contributed by atoms with van der Waals surface area (Å²) in [4.78, 5) is 10.8. The first-order chi connectivity index (χ1) is 9.24. The number of aromatic nitrogens is 1. The summed E-state index contributed by atoms with van der Waals surface area (Å²) in [6.07, 6.45) is 2.65. The average Bonchev–Trinajstić information content (AvgIpc) is 2.77. The molecule has 1 aromatic heterocycles. The van der Waals surface area contributed by atoms with Crippen LogP contribution in [0.4, 0.5) is 0 Å². The van der Waals surface area contributed by atoms with Gasteiger partial charge in [-0.25, -0.2) is 8.42 Å². The Labute approximate surface area is 119 Å². The topological polar surface area (TPSA) is 56.1 Å². The van der Waals surface area contributed by atoms with E-state index in [0.717, 1.165) is 17.2 Å². The summed E-state index contributed by atoms with van der Waals surface area (Å²) >= 11 is 0. The molecule has 0 bridgehead atoms. The summed E-state index contributed by atoms with van der Waals surface area (Å²) < 4.78 is 25.4. The molecular weight excluding hydrogens is 274 g/mol. The second-order valence-corrected chi connectivity index (χ2v) is 8.74. The van der Waals surface area contributed by atoms with E-state index in [-0.39, 0.29) is 5.75 Å². The summed E-state index contributed by atoms with van der Waals surface area (Å²) in [6, 6.07) is 7.33. The fourth-order valence-corrected chi connectivity index (χ4v) is 3.04. The Kier molecular flexibility index (Phi) is 3.73. The highest BCUT2D eigenvalue weighted by Crippen LogP contribution is 2.20. The van der Waals surface area contributed by atoms with Crippen molar-refractivity contribution in [1.82, 2.24) is 4.57 Å². The Balaban J connectivity index is 2.29. The molecule has 0 saturated heterocycles. The fourth-order valence-electron chi connectivity index (χ4n) is 1.99. The van der Waals surface area contributed by atoms with Crippen molar-refractivity contribution in [2.45, 2.75) is 32.1 Å². The van der Waals surface area contributed by atoms with Crippen LogP contribution in [0.2, 0.25) is 0 Å². The summed E-state index contributed by atoms with van der Waals surface area (Å²) in [7, 11) is -3.15. The van der Waals surface area contributed by atoms with Crippen molar-refractivity contribution in [1.29, 1.82) is 0 Å². The lowest BCUT2D eigenvalue weighted by Crippen LogP contribution is -2.31. The van der Waals surface area contributed by atoms with Crippen LogP contribution >= 0.6 is 0 Å². The van der Waals surface area contributed by atoms with E-state index in [1.807, 2.05) is 22.9 Å². The zero-order valence-electron chi connectivity index (χ0n) is 12.0. The largest absolute Gasteiger partial charge is 0.346 e. The molecular formula is C15H19NO3S. The maximum Gasteiger partial charge on any atom is 0.156 e. The van der Waals surface area contributed by atoms with E-state index in [1.54, 1.807) is 32.9 Å². The van der Waals surface area contributed by atoms with Crippen LogP contribution in [0.5, 0.6) is 0 Å². The van der Waals surface area contributed by atoms with E-state index in [9.17, 15) is 13.2 Å². The quantitative estimate of drug-likeness (QED) is 0.814. The number of sulfone groups is 1. The fraction of sp³-hybridized carbons (Fsp3) is 0.400. The molecule has 20 heavy (non-hydrogen) atoms. The van der Waals surface area contributed by atoms with Gasteiger partial charge in [0.15, 0.2) is 9.84 Å². The van der Waals surface area contributed by atoms with Crippen LogP contribution < -0.4 is 0 Å². The van der Waals surface area contributed by atoms with Gasteiger partial charge in [0.2, 0.25) is 0 Å². The molecule has 0 aliphatic carbocycles. The van der Waals surface area contributed by atoms with E-state index in [0.29, 0.717) is 12.1 Å². The maximum absolute atomic E-state index is 12.1. The number of hydrogen-bond acceptors (Lipinski definition) is 3. The molecule has 1 aromatic carbocycles. The average molecular weight is 293 g/mol. The van der Waals surface area contributed by atoms with Gasteiger partial charge in [0.1, 0.15) is 6.29 Å². The second-order valence-electron chi connectivity index (χ2n) is 5.88. The molecule has 0 aliphatic heterocycles. The zero-order valence-corrected chi connectivity index (χ0v) is 12.8. The van der Waals surface area contributed by atoms with Crippen molar-refractivity contribution in [2.75, 3.05) is 5.75 Å². The molecule has 108 valence electrons. The Morgan fingerprint density at radius 1 is 1.20 bits per heavy atom. The van der Waals surface area contributed by atoms with Crippen molar-refractivity contribution >= 4 is 27.0 Å². The molecule has 0 saturated carbocycles. The number of aldehydes is 1. The molecule has 0 amide bonds. The first kappa shape index (κ1) is 14.8. The van der Waals surface area contributed by atoms with E-state index >= 15 is 0 Å². The second kappa shape index (κ2) is 5.05. The Bertz CT molecular complexity index is 736. The first-order valence-electron chi connectivity index (χ1n) is 6.51. The van der Waals surface area contributed by atoms with Gasteiger partial charge in [-0.05, 0) is 38.3 Å². The van der Waals surface area contributed by atoms with Gasteiger partial charge < -0.3 is 4.57 Å². The zero-order chi connectivity index (χ0) is 15.0. The van der Waals surface area contributed by atoms with Gasteiger partial charge in [-0.2, -0.15) is 0 Å². The van der Waals surface area contributed by atoms with Crippen molar-refractivity contribution in [3.05, 3.63) is 36.0 Å². The SMILES string of the molecule is CC(C)(C)S(=O)(=O)CCn1ccc2ccc(C=O)cc21. The monoisotopic (exact) mass is 293 g/mol. The van der Waals surface area contributed by atoms with Gasteiger partial charge in [-0.3, -0.25) is 4.79 Å². The number of benzene rings is 1. The highest BCUT2D eigenvalue weighted by molar-refractivity contribution is 7.92. The van der Waals surface area contributed by atoms with Gasteiger partial charge in [-0.1, -0.05) is 12.1 Å². The molecule has 5 heteroatoms. The summed E-state index contributed by atoms with van der Waals surface area (Å²) in [5.41, 5.74) is 1.48. The van der Waals surface area contributed by atoms with Crippen molar-refractivity contribution in [3.63, 3.8) is 0 Å². The predicted octanol–water partition coefficient (Wildman–Crippen LogP) is 2.67. The van der Waals surface area contributed by atoms with Gasteiger partial charge in [-0.15, -0.1) is 0 Å². The Hall–Kier alpha value is -1.62. The lowest BCUT2D eigenvalue weighted by atomic mass is 10.2. The third-order valence-electron chi connectivity index (χ3n) is 3.47. The van der Waals surface area contributed by atoms with Crippen LogP contribution in [0.3, 0.4) is 0 Å². The predicted molar refractivity (Wildman–Crippen MR) is 80.9 cm³/mol. The van der Waals surface area contributed by atoms with Crippen LogP contribution in [0, 0.1) is 0 Å². The number of fused-ring (bicyclic) bond motifs is 1. The number of nitrogens with zero attached hydrogens (tertiary/aromatic N) is 1. The number of rotatable bonds is 4. The van der Waals surface area contributed by atoms with Crippen molar-refractivity contribution < 1.29 is 13.2 Å². The van der Waals surface area contributed by atoms with Crippen molar-refractivity contribution in [2.24, 2.45) is 0 Å². The smallest absolute Gasteiger partial charge is 0.156 e. The molecule has 0 aliphatic rings. The van der Waals surface area contributed by atoms with Gasteiger partial charge in [0.25, 0.3) is 0 Å². The third-order valence-corrected chi connectivity index (χ3v) is 6.05. The van der Waals surface area contributed by atoms with Gasteiger partial charge in [0.05, 0.1) is 10.5 Å². The number of carbonyl (C=O) groups excluding carboxylic acids is 1. The lowest BCUT2D eigenvalue weighted by molar-refractivity contribution is 0.112. The van der Waals surface area contributed by atoms with E-state index in [4.69, 9.17) is 0 Å². The van der Waals surface area contributed by atoms with Gasteiger partial charge in [0, 0.05) is 23.8 Å². The first-order valence-corrected chi connectivity index (χ1v) is 8.16. The highest BCUT2D eigenvalue weighted by Gasteiger charge is 2.28. The standard InChI is InChI=1S/C15H19NO3S/c1-15(2,3)20(18,19)9-8-16-7-6-13-5-4-12(11-17)10-14(13)16/h4-7,10-11H,8-9H2,1-3H3. The lowest BCUT2D eigenvalue weighted by Gasteiger charge is -2.19. The van der Waals surface area contributed by atoms with Crippen LogP contribution in [-0.4, -0.2) is 29.8 Å².